The van der Waals surface area contributed by atoms with Crippen molar-refractivity contribution in [3.63, 3.8) is 0 Å². The molecule has 1 fully saturated rings. The highest BCUT2D eigenvalue weighted by Gasteiger charge is 2.48. The molecule has 1 N–H and O–H groups in total. The van der Waals surface area contributed by atoms with Gasteiger partial charge in [0.05, 0.1) is 9.89 Å². The van der Waals surface area contributed by atoms with Crippen molar-refractivity contribution in [3.8, 4) is 0 Å². The Kier molecular flexibility index (Phi) is 2.74. The van der Waals surface area contributed by atoms with Crippen LogP contribution in [0.4, 0.5) is 8.78 Å². The molecular formula is C11H9BrF2O2. The van der Waals surface area contributed by atoms with Crippen LogP contribution in [-0.4, -0.2) is 11.1 Å². The van der Waals surface area contributed by atoms with Gasteiger partial charge in [0.2, 0.25) is 0 Å². The Balaban J connectivity index is 2.56. The molecule has 5 heteroatoms. The van der Waals surface area contributed by atoms with Crippen molar-refractivity contribution in [2.45, 2.75) is 24.7 Å². The molecule has 1 aromatic carbocycles. The summed E-state index contributed by atoms with van der Waals surface area (Å²) in [6.07, 6.45) is 1.45. The van der Waals surface area contributed by atoms with Gasteiger partial charge < -0.3 is 5.11 Å². The van der Waals surface area contributed by atoms with Gasteiger partial charge in [-0.3, -0.25) is 4.79 Å². The summed E-state index contributed by atoms with van der Waals surface area (Å²) in [4.78, 5) is 11.2. The number of halogens is 3. The minimum atomic E-state index is -1.23. The Morgan fingerprint density at radius 3 is 2.38 bits per heavy atom. The summed E-state index contributed by atoms with van der Waals surface area (Å²) in [7, 11) is 0. The van der Waals surface area contributed by atoms with Crippen molar-refractivity contribution >= 4 is 21.9 Å². The number of carboxylic acid groups (broad SMARTS) is 1. The first kappa shape index (κ1) is 11.5. The second-order valence-electron chi connectivity index (χ2n) is 3.96. The molecule has 1 saturated carbocycles. The normalized spacial score (nSPS) is 17.9. The molecule has 16 heavy (non-hydrogen) atoms. The summed E-state index contributed by atoms with van der Waals surface area (Å²) in [5, 5.41) is 9.12. The van der Waals surface area contributed by atoms with Gasteiger partial charge in [-0.2, -0.15) is 0 Å². The lowest BCUT2D eigenvalue weighted by Gasteiger charge is -2.38. The quantitative estimate of drug-likeness (QED) is 0.849. The van der Waals surface area contributed by atoms with Gasteiger partial charge in [-0.15, -0.1) is 0 Å². The fourth-order valence-corrected chi connectivity index (χ4v) is 2.33. The summed E-state index contributed by atoms with van der Waals surface area (Å²) in [5.41, 5.74) is -1.28. The van der Waals surface area contributed by atoms with Crippen LogP contribution in [0.5, 0.6) is 0 Å². The Morgan fingerprint density at radius 2 is 1.94 bits per heavy atom. The standard InChI is InChI=1S/C11H9BrF2O2/c12-7-3-2-6(8(13)9(7)14)11(10(15)16)4-1-5-11/h2-3H,1,4-5H2,(H,15,16). The molecule has 0 atom stereocenters. The number of rotatable bonds is 2. The average Bonchev–Trinajstić information content (AvgIpc) is 2.16. The molecule has 0 spiro atoms. The fraction of sp³-hybridized carbons (Fsp3) is 0.364. The molecule has 0 bridgehead atoms. The summed E-state index contributed by atoms with van der Waals surface area (Å²) < 4.78 is 27.0. The Morgan fingerprint density at radius 1 is 1.31 bits per heavy atom. The first-order valence-corrected chi connectivity index (χ1v) is 5.66. The van der Waals surface area contributed by atoms with Crippen LogP contribution < -0.4 is 0 Å². The minimum Gasteiger partial charge on any atom is -0.481 e. The van der Waals surface area contributed by atoms with E-state index >= 15 is 0 Å². The van der Waals surface area contributed by atoms with E-state index in [1.807, 2.05) is 0 Å². The zero-order valence-corrected chi connectivity index (χ0v) is 9.85. The lowest BCUT2D eigenvalue weighted by Crippen LogP contribution is -2.43. The van der Waals surface area contributed by atoms with E-state index in [4.69, 9.17) is 5.11 Å². The second-order valence-corrected chi connectivity index (χ2v) is 4.82. The third-order valence-electron chi connectivity index (χ3n) is 3.17. The van der Waals surface area contributed by atoms with Crippen molar-refractivity contribution < 1.29 is 18.7 Å². The number of carboxylic acids is 1. The maximum Gasteiger partial charge on any atom is 0.314 e. The topological polar surface area (TPSA) is 37.3 Å². The Bertz CT molecular complexity index is 456. The number of hydrogen-bond acceptors (Lipinski definition) is 1. The molecule has 2 nitrogen and oxygen atoms in total. The lowest BCUT2D eigenvalue weighted by molar-refractivity contribution is -0.147. The van der Waals surface area contributed by atoms with Gasteiger partial charge in [0.15, 0.2) is 11.6 Å². The van der Waals surface area contributed by atoms with E-state index in [1.165, 1.54) is 12.1 Å². The SMILES string of the molecule is O=C(O)C1(c2ccc(Br)c(F)c2F)CCC1. The minimum absolute atomic E-state index is 0.00797. The van der Waals surface area contributed by atoms with Crippen molar-refractivity contribution in [3.05, 3.63) is 33.8 Å². The van der Waals surface area contributed by atoms with Crippen molar-refractivity contribution in [2.24, 2.45) is 0 Å². The zero-order chi connectivity index (χ0) is 11.9. The number of benzene rings is 1. The highest BCUT2D eigenvalue weighted by atomic mass is 79.9. The summed E-state index contributed by atoms with van der Waals surface area (Å²) in [6.45, 7) is 0. The first-order chi connectivity index (χ1) is 7.49. The Hall–Kier alpha value is -0.970. The molecule has 0 radical (unpaired) electrons. The van der Waals surface area contributed by atoms with Gasteiger partial charge >= 0.3 is 5.97 Å². The maximum absolute atomic E-state index is 13.7. The van der Waals surface area contributed by atoms with E-state index in [2.05, 4.69) is 15.9 Å². The van der Waals surface area contributed by atoms with E-state index < -0.39 is 23.0 Å². The van der Waals surface area contributed by atoms with Crippen molar-refractivity contribution in [2.75, 3.05) is 0 Å². The average molecular weight is 291 g/mol. The molecule has 0 aromatic heterocycles. The van der Waals surface area contributed by atoms with E-state index in [0.29, 0.717) is 12.8 Å². The third kappa shape index (κ3) is 1.45. The zero-order valence-electron chi connectivity index (χ0n) is 8.27. The highest BCUT2D eigenvalue weighted by molar-refractivity contribution is 9.10. The van der Waals surface area contributed by atoms with Crippen LogP contribution >= 0.6 is 15.9 Å². The van der Waals surface area contributed by atoms with Crippen molar-refractivity contribution in [1.29, 1.82) is 0 Å². The van der Waals surface area contributed by atoms with Gasteiger partial charge in [-0.05, 0) is 34.8 Å². The lowest BCUT2D eigenvalue weighted by atomic mass is 9.64. The molecule has 1 aliphatic carbocycles. The van der Waals surface area contributed by atoms with Crippen LogP contribution in [0.25, 0.3) is 0 Å². The van der Waals surface area contributed by atoms with Gasteiger partial charge in [0.1, 0.15) is 0 Å². The molecule has 0 heterocycles. The second kappa shape index (κ2) is 3.80. The first-order valence-electron chi connectivity index (χ1n) is 4.86. The van der Waals surface area contributed by atoms with Gasteiger partial charge in [-0.1, -0.05) is 12.5 Å². The van der Waals surface area contributed by atoms with E-state index in [9.17, 15) is 13.6 Å². The number of carbonyl (C=O) groups is 1. The largest absolute Gasteiger partial charge is 0.481 e. The van der Waals surface area contributed by atoms with Crippen LogP contribution in [0.15, 0.2) is 16.6 Å². The van der Waals surface area contributed by atoms with Crippen LogP contribution in [0, 0.1) is 11.6 Å². The fourth-order valence-electron chi connectivity index (χ4n) is 2.02. The molecule has 0 unspecified atom stereocenters. The van der Waals surface area contributed by atoms with Gasteiger partial charge in [-0.25, -0.2) is 8.78 Å². The predicted molar refractivity (Wildman–Crippen MR) is 57.2 cm³/mol. The number of hydrogen-bond donors (Lipinski definition) is 1. The van der Waals surface area contributed by atoms with Crippen LogP contribution in [-0.2, 0) is 10.2 Å². The van der Waals surface area contributed by atoms with Crippen molar-refractivity contribution in [1.82, 2.24) is 0 Å². The summed E-state index contributed by atoms with van der Waals surface area (Å²) in [6, 6.07) is 2.69. The number of aliphatic carboxylic acids is 1. The van der Waals surface area contributed by atoms with E-state index in [1.54, 1.807) is 0 Å². The molecule has 86 valence electrons. The smallest absolute Gasteiger partial charge is 0.314 e. The van der Waals surface area contributed by atoms with Gasteiger partial charge in [0, 0.05) is 5.56 Å². The molecule has 0 aliphatic heterocycles. The van der Waals surface area contributed by atoms with Gasteiger partial charge in [0.25, 0.3) is 0 Å². The van der Waals surface area contributed by atoms with Crippen LogP contribution in [0.2, 0.25) is 0 Å². The van der Waals surface area contributed by atoms with E-state index in [-0.39, 0.29) is 10.0 Å². The van der Waals surface area contributed by atoms with Crippen LogP contribution in [0.1, 0.15) is 24.8 Å². The third-order valence-corrected chi connectivity index (χ3v) is 3.78. The Labute approximate surface area is 99.4 Å². The summed E-state index contributed by atoms with van der Waals surface area (Å²) >= 11 is 2.86. The summed E-state index contributed by atoms with van der Waals surface area (Å²) in [5.74, 6) is -3.17. The predicted octanol–water partition coefficient (Wildman–Crippen LogP) is 3.23. The van der Waals surface area contributed by atoms with Crippen LogP contribution in [0.3, 0.4) is 0 Å². The molecular weight excluding hydrogens is 282 g/mol. The molecule has 0 amide bonds. The molecule has 0 saturated heterocycles. The monoisotopic (exact) mass is 290 g/mol. The molecule has 1 aromatic rings. The maximum atomic E-state index is 13.7. The van der Waals surface area contributed by atoms with E-state index in [0.717, 1.165) is 6.42 Å². The molecule has 2 rings (SSSR count). The molecule has 1 aliphatic rings. The highest BCUT2D eigenvalue weighted by Crippen LogP contribution is 2.45.